The number of hydrogen-bond acceptors (Lipinski definition) is 5. The number of aromatic nitrogens is 1. The van der Waals surface area contributed by atoms with Gasteiger partial charge in [-0.25, -0.2) is 0 Å². The first-order chi connectivity index (χ1) is 15.6. The van der Waals surface area contributed by atoms with E-state index in [0.717, 1.165) is 21.6 Å². The molecular weight excluding hydrogens is 461 g/mol. The number of nitrogens with zero attached hydrogens (tertiary/aromatic N) is 3. The van der Waals surface area contributed by atoms with Crippen LogP contribution in [-0.4, -0.2) is 4.98 Å². The van der Waals surface area contributed by atoms with Crippen LogP contribution >= 0.6 is 34.5 Å². The van der Waals surface area contributed by atoms with E-state index in [4.69, 9.17) is 33.2 Å². The summed E-state index contributed by atoms with van der Waals surface area (Å²) in [5, 5.41) is 19.6. The SMILES string of the molecule is N#Cc1ccc(COC(c2ccc(C#N)c(-c3ccc(Cl)cc3Cl)c2)c2cncs2)cc1. The van der Waals surface area contributed by atoms with E-state index in [1.807, 2.05) is 30.3 Å². The Morgan fingerprint density at radius 2 is 1.75 bits per heavy atom. The van der Waals surface area contributed by atoms with E-state index in [1.54, 1.807) is 42.0 Å². The van der Waals surface area contributed by atoms with E-state index in [1.165, 1.54) is 11.3 Å². The summed E-state index contributed by atoms with van der Waals surface area (Å²) < 4.78 is 6.30. The lowest BCUT2D eigenvalue weighted by atomic mass is 9.95. The third-order valence-electron chi connectivity index (χ3n) is 4.90. The third-order valence-corrected chi connectivity index (χ3v) is 6.26. The second-order valence-electron chi connectivity index (χ2n) is 6.94. The normalized spacial score (nSPS) is 11.5. The molecule has 156 valence electrons. The summed E-state index contributed by atoms with van der Waals surface area (Å²) in [5.74, 6) is 0. The Morgan fingerprint density at radius 1 is 0.938 bits per heavy atom. The monoisotopic (exact) mass is 475 g/mol. The number of nitriles is 2. The molecule has 0 N–H and O–H groups in total. The lowest BCUT2D eigenvalue weighted by Gasteiger charge is -2.19. The molecule has 1 aromatic heterocycles. The average molecular weight is 476 g/mol. The predicted octanol–water partition coefficient (Wildman–Crippen LogP) is 7.17. The predicted molar refractivity (Wildman–Crippen MR) is 127 cm³/mol. The summed E-state index contributed by atoms with van der Waals surface area (Å²) >= 11 is 14.0. The second kappa shape index (κ2) is 9.96. The molecule has 0 saturated carbocycles. The van der Waals surface area contributed by atoms with Crippen LogP contribution < -0.4 is 0 Å². The standard InChI is InChI=1S/C25H15Cl2N3OS/c26-20-7-8-21(23(27)10-20)22-9-18(5-6-19(22)12-29)25(24-13-30-15-32-24)31-14-17-3-1-16(11-28)2-4-17/h1-10,13,15,25H,14H2. The van der Waals surface area contributed by atoms with Crippen molar-refractivity contribution in [2.24, 2.45) is 0 Å². The van der Waals surface area contributed by atoms with Crippen molar-refractivity contribution in [3.05, 3.63) is 110 Å². The van der Waals surface area contributed by atoms with Gasteiger partial charge in [0.1, 0.15) is 6.10 Å². The van der Waals surface area contributed by atoms with Gasteiger partial charge in [-0.15, -0.1) is 11.3 Å². The molecule has 0 bridgehead atoms. The van der Waals surface area contributed by atoms with Crippen LogP contribution in [0.5, 0.6) is 0 Å². The molecule has 4 rings (SSSR count). The smallest absolute Gasteiger partial charge is 0.119 e. The molecule has 0 aliphatic carbocycles. The summed E-state index contributed by atoms with van der Waals surface area (Å²) in [6, 6.07) is 22.4. The average Bonchev–Trinajstić information content (AvgIpc) is 3.34. The number of ether oxygens (including phenoxy) is 1. The summed E-state index contributed by atoms with van der Waals surface area (Å²) in [6.45, 7) is 0.352. The zero-order valence-electron chi connectivity index (χ0n) is 16.6. The molecule has 7 heteroatoms. The zero-order chi connectivity index (χ0) is 22.5. The highest BCUT2D eigenvalue weighted by atomic mass is 35.5. The Kier molecular flexibility index (Phi) is 6.85. The minimum Gasteiger partial charge on any atom is -0.363 e. The Bertz CT molecular complexity index is 1320. The van der Waals surface area contributed by atoms with Crippen LogP contribution in [-0.2, 0) is 11.3 Å². The third kappa shape index (κ3) is 4.83. The van der Waals surface area contributed by atoms with Crippen LogP contribution in [0.1, 0.15) is 33.2 Å². The van der Waals surface area contributed by atoms with Crippen LogP contribution in [0.15, 0.2) is 72.4 Å². The van der Waals surface area contributed by atoms with Gasteiger partial charge in [-0.05, 0) is 47.5 Å². The van der Waals surface area contributed by atoms with E-state index < -0.39 is 0 Å². The van der Waals surface area contributed by atoms with E-state index >= 15 is 0 Å². The zero-order valence-corrected chi connectivity index (χ0v) is 19.0. The number of thiazole rings is 1. The van der Waals surface area contributed by atoms with Gasteiger partial charge in [0.25, 0.3) is 0 Å². The fourth-order valence-electron chi connectivity index (χ4n) is 3.31. The van der Waals surface area contributed by atoms with Crippen molar-refractivity contribution in [3.63, 3.8) is 0 Å². The van der Waals surface area contributed by atoms with Gasteiger partial charge in [0.15, 0.2) is 0 Å². The van der Waals surface area contributed by atoms with Gasteiger partial charge >= 0.3 is 0 Å². The summed E-state index contributed by atoms with van der Waals surface area (Å²) in [4.78, 5) is 5.14. The van der Waals surface area contributed by atoms with Crippen molar-refractivity contribution in [1.29, 1.82) is 10.5 Å². The van der Waals surface area contributed by atoms with E-state index in [0.29, 0.717) is 33.3 Å². The van der Waals surface area contributed by atoms with Gasteiger partial charge in [-0.3, -0.25) is 4.98 Å². The van der Waals surface area contributed by atoms with Crippen LogP contribution in [0, 0.1) is 22.7 Å². The molecule has 4 aromatic rings. The molecule has 3 aromatic carbocycles. The molecule has 0 radical (unpaired) electrons. The lowest BCUT2D eigenvalue weighted by molar-refractivity contribution is 0.0689. The van der Waals surface area contributed by atoms with Gasteiger partial charge in [-0.2, -0.15) is 10.5 Å². The van der Waals surface area contributed by atoms with E-state index in [9.17, 15) is 5.26 Å². The summed E-state index contributed by atoms with van der Waals surface area (Å²) in [5.41, 5.74) is 6.13. The second-order valence-corrected chi connectivity index (χ2v) is 8.71. The van der Waals surface area contributed by atoms with Crippen molar-refractivity contribution in [2.45, 2.75) is 12.7 Å². The van der Waals surface area contributed by atoms with E-state index in [-0.39, 0.29) is 6.10 Å². The van der Waals surface area contributed by atoms with Gasteiger partial charge in [-0.1, -0.05) is 47.5 Å². The van der Waals surface area contributed by atoms with Crippen molar-refractivity contribution in [3.8, 4) is 23.3 Å². The van der Waals surface area contributed by atoms with Gasteiger partial charge in [0.2, 0.25) is 0 Å². The fourth-order valence-corrected chi connectivity index (χ4v) is 4.51. The first-order valence-electron chi connectivity index (χ1n) is 9.57. The maximum atomic E-state index is 9.65. The van der Waals surface area contributed by atoms with Gasteiger partial charge < -0.3 is 4.74 Å². The minimum atomic E-state index is -0.379. The molecule has 4 nitrogen and oxygen atoms in total. The topological polar surface area (TPSA) is 69.7 Å². The quantitative estimate of drug-likeness (QED) is 0.296. The maximum Gasteiger partial charge on any atom is 0.119 e. The molecule has 0 spiro atoms. The fraction of sp³-hybridized carbons (Fsp3) is 0.0800. The lowest BCUT2D eigenvalue weighted by Crippen LogP contribution is -2.06. The molecule has 0 saturated heterocycles. The Hall–Kier alpha value is -3.19. The molecule has 1 atom stereocenters. The van der Waals surface area contributed by atoms with E-state index in [2.05, 4.69) is 17.1 Å². The van der Waals surface area contributed by atoms with Crippen LogP contribution in [0.25, 0.3) is 11.1 Å². The molecule has 1 unspecified atom stereocenters. The highest BCUT2D eigenvalue weighted by molar-refractivity contribution is 7.09. The number of rotatable bonds is 6. The number of hydrogen-bond donors (Lipinski definition) is 0. The van der Waals surface area contributed by atoms with Crippen LogP contribution in [0.3, 0.4) is 0 Å². The highest BCUT2D eigenvalue weighted by Gasteiger charge is 2.20. The molecule has 0 aliphatic rings. The Morgan fingerprint density at radius 3 is 2.41 bits per heavy atom. The van der Waals surface area contributed by atoms with Gasteiger partial charge in [0.05, 0.1) is 40.3 Å². The first kappa shape index (κ1) is 22.0. The Labute approximate surface area is 199 Å². The van der Waals surface area contributed by atoms with Crippen molar-refractivity contribution >= 4 is 34.5 Å². The maximum absolute atomic E-state index is 9.65. The number of halogens is 2. The molecule has 32 heavy (non-hydrogen) atoms. The van der Waals surface area contributed by atoms with Crippen molar-refractivity contribution in [1.82, 2.24) is 4.98 Å². The molecule has 0 amide bonds. The van der Waals surface area contributed by atoms with Crippen molar-refractivity contribution in [2.75, 3.05) is 0 Å². The molecule has 0 fully saturated rings. The van der Waals surface area contributed by atoms with Crippen molar-refractivity contribution < 1.29 is 4.74 Å². The summed E-state index contributed by atoms with van der Waals surface area (Å²) in [7, 11) is 0. The molecule has 0 aliphatic heterocycles. The first-order valence-corrected chi connectivity index (χ1v) is 11.2. The minimum absolute atomic E-state index is 0.352. The molecule has 1 heterocycles. The highest BCUT2D eigenvalue weighted by Crippen LogP contribution is 2.37. The van der Waals surface area contributed by atoms with Gasteiger partial charge in [0, 0.05) is 27.4 Å². The van der Waals surface area contributed by atoms with Crippen LogP contribution in [0.4, 0.5) is 0 Å². The Balaban J connectivity index is 1.71. The largest absolute Gasteiger partial charge is 0.363 e. The summed E-state index contributed by atoms with van der Waals surface area (Å²) in [6.07, 6.45) is 1.40. The number of benzene rings is 3. The van der Waals surface area contributed by atoms with Crippen LogP contribution in [0.2, 0.25) is 10.0 Å². The molecular formula is C25H15Cl2N3OS.